The van der Waals surface area contributed by atoms with Crippen LogP contribution < -0.4 is 5.32 Å². The molecule has 0 aliphatic rings. The fraction of sp³-hybridized carbons (Fsp3) is 0.389. The molecule has 1 aromatic carbocycles. The largest absolute Gasteiger partial charge is 0.384 e. The topological polar surface area (TPSA) is 79.3 Å². The van der Waals surface area contributed by atoms with Crippen molar-refractivity contribution in [2.24, 2.45) is 0 Å². The number of hydrogen-bond donors (Lipinski definition) is 2. The lowest BCUT2D eigenvalue weighted by atomic mass is 9.96. The monoisotopic (exact) mass is 382 g/mol. The summed E-state index contributed by atoms with van der Waals surface area (Å²) in [7, 11) is -3.49. The van der Waals surface area contributed by atoms with Gasteiger partial charge < -0.3 is 10.4 Å². The van der Waals surface area contributed by atoms with Gasteiger partial charge in [0.1, 0.15) is 5.60 Å². The Labute approximate surface area is 154 Å². The lowest BCUT2D eigenvalue weighted by molar-refractivity contribution is 0.0715. The maximum absolute atomic E-state index is 12.4. The molecule has 1 unspecified atom stereocenters. The molecule has 0 spiro atoms. The summed E-state index contributed by atoms with van der Waals surface area (Å²) in [5, 5.41) is 14.3. The average molecular weight is 383 g/mol. The Morgan fingerprint density at radius 1 is 1.16 bits per heavy atom. The maximum atomic E-state index is 12.4. The van der Waals surface area contributed by atoms with Gasteiger partial charge >= 0.3 is 0 Å². The number of nitrogens with zero attached hydrogens (tertiary/aromatic N) is 1. The van der Waals surface area contributed by atoms with Gasteiger partial charge in [0, 0.05) is 11.6 Å². The van der Waals surface area contributed by atoms with Crippen LogP contribution in [-0.2, 0) is 15.4 Å². The number of nitrogens with one attached hydrogen (secondary N) is 1. The van der Waals surface area contributed by atoms with Crippen LogP contribution in [0, 0.1) is 0 Å². The molecule has 2 rings (SSSR count). The number of benzene rings is 1. The van der Waals surface area contributed by atoms with Gasteiger partial charge in [0.05, 0.1) is 16.6 Å². The van der Waals surface area contributed by atoms with E-state index in [1.807, 2.05) is 0 Å². The van der Waals surface area contributed by atoms with E-state index in [2.05, 4.69) is 10.3 Å². The summed E-state index contributed by atoms with van der Waals surface area (Å²) in [6.07, 6.45) is 1.45. The second kappa shape index (κ2) is 6.94. The lowest BCUT2D eigenvalue weighted by Crippen LogP contribution is -2.31. The second-order valence-corrected chi connectivity index (χ2v) is 10.2. The van der Waals surface area contributed by atoms with Crippen molar-refractivity contribution in [1.82, 2.24) is 4.98 Å². The molecule has 0 aliphatic carbocycles. The highest BCUT2D eigenvalue weighted by Gasteiger charge is 2.32. The van der Waals surface area contributed by atoms with Crippen LogP contribution >= 0.6 is 11.6 Å². The standard InChI is InChI=1S/C18H23ClN2O3S/c1-17(2,3)25(23,24)16-9-8-15(11-20-16)21-12-18(4,22)13-6-5-7-14(19)10-13/h5-11,21-22H,12H2,1-4H3. The van der Waals surface area contributed by atoms with Crippen molar-refractivity contribution in [2.75, 3.05) is 11.9 Å². The quantitative estimate of drug-likeness (QED) is 0.825. The van der Waals surface area contributed by atoms with Crippen LogP contribution in [0.25, 0.3) is 0 Å². The zero-order valence-corrected chi connectivity index (χ0v) is 16.3. The number of aliphatic hydroxyl groups is 1. The van der Waals surface area contributed by atoms with Crippen molar-refractivity contribution in [1.29, 1.82) is 0 Å². The first kappa shape index (κ1) is 19.7. The third-order valence-electron chi connectivity index (χ3n) is 3.90. The fourth-order valence-electron chi connectivity index (χ4n) is 2.16. The van der Waals surface area contributed by atoms with Gasteiger partial charge in [-0.3, -0.25) is 0 Å². The molecule has 136 valence electrons. The molecule has 2 N–H and O–H groups in total. The first-order valence-corrected chi connectivity index (χ1v) is 9.72. The van der Waals surface area contributed by atoms with Crippen molar-refractivity contribution in [3.63, 3.8) is 0 Å². The summed E-state index contributed by atoms with van der Waals surface area (Å²) < 4.78 is 23.8. The van der Waals surface area contributed by atoms with Gasteiger partial charge in [0.2, 0.25) is 0 Å². The van der Waals surface area contributed by atoms with Crippen LogP contribution in [-0.4, -0.2) is 29.8 Å². The van der Waals surface area contributed by atoms with Crippen molar-refractivity contribution in [3.05, 3.63) is 53.2 Å². The minimum absolute atomic E-state index is 0.0344. The van der Waals surface area contributed by atoms with E-state index < -0.39 is 20.2 Å². The molecule has 0 saturated heterocycles. The SMILES string of the molecule is CC(O)(CNc1ccc(S(=O)(=O)C(C)(C)C)nc1)c1cccc(Cl)c1. The van der Waals surface area contributed by atoms with E-state index >= 15 is 0 Å². The van der Waals surface area contributed by atoms with Crippen LogP contribution in [0.3, 0.4) is 0 Å². The summed E-state index contributed by atoms with van der Waals surface area (Å²) in [6.45, 7) is 6.81. The molecule has 7 heteroatoms. The maximum Gasteiger partial charge on any atom is 0.200 e. The number of hydrogen-bond acceptors (Lipinski definition) is 5. The molecule has 1 aromatic heterocycles. The van der Waals surface area contributed by atoms with Gasteiger partial charge in [0.15, 0.2) is 14.9 Å². The van der Waals surface area contributed by atoms with E-state index in [-0.39, 0.29) is 11.6 Å². The van der Waals surface area contributed by atoms with Gasteiger partial charge in [-0.2, -0.15) is 0 Å². The van der Waals surface area contributed by atoms with E-state index in [1.165, 1.54) is 12.3 Å². The minimum Gasteiger partial charge on any atom is -0.384 e. The molecular weight excluding hydrogens is 360 g/mol. The van der Waals surface area contributed by atoms with Crippen LogP contribution in [0.2, 0.25) is 5.02 Å². The number of aromatic nitrogens is 1. The van der Waals surface area contributed by atoms with Crippen molar-refractivity contribution < 1.29 is 13.5 Å². The van der Waals surface area contributed by atoms with Gasteiger partial charge in [-0.25, -0.2) is 13.4 Å². The molecular formula is C18H23ClN2O3S. The van der Waals surface area contributed by atoms with Gasteiger partial charge in [-0.15, -0.1) is 0 Å². The molecule has 0 radical (unpaired) electrons. The zero-order chi connectivity index (χ0) is 18.9. The summed E-state index contributed by atoms with van der Waals surface area (Å²) in [6, 6.07) is 10.1. The highest BCUT2D eigenvalue weighted by Crippen LogP contribution is 2.26. The minimum atomic E-state index is -3.49. The lowest BCUT2D eigenvalue weighted by Gasteiger charge is -2.25. The molecule has 1 atom stereocenters. The Morgan fingerprint density at radius 3 is 2.36 bits per heavy atom. The first-order chi connectivity index (χ1) is 11.4. The van der Waals surface area contributed by atoms with Crippen LogP contribution in [0.4, 0.5) is 5.69 Å². The second-order valence-electron chi connectivity index (χ2n) is 7.14. The highest BCUT2D eigenvalue weighted by atomic mass is 35.5. The van der Waals surface area contributed by atoms with Crippen LogP contribution in [0.1, 0.15) is 33.3 Å². The third kappa shape index (κ3) is 4.51. The summed E-state index contributed by atoms with van der Waals surface area (Å²) in [5.74, 6) is 0. The molecule has 0 amide bonds. The number of pyridine rings is 1. The van der Waals surface area contributed by atoms with Crippen LogP contribution in [0.15, 0.2) is 47.6 Å². The highest BCUT2D eigenvalue weighted by molar-refractivity contribution is 7.92. The smallest absolute Gasteiger partial charge is 0.200 e. The predicted octanol–water partition coefficient (Wildman–Crippen LogP) is 3.63. The molecule has 5 nitrogen and oxygen atoms in total. The van der Waals surface area contributed by atoms with Crippen molar-refractivity contribution in [3.8, 4) is 0 Å². The molecule has 0 aliphatic heterocycles. The van der Waals surface area contributed by atoms with Gasteiger partial charge in [-0.1, -0.05) is 23.7 Å². The predicted molar refractivity (Wildman–Crippen MR) is 101 cm³/mol. The van der Waals surface area contributed by atoms with Gasteiger partial charge in [0.25, 0.3) is 0 Å². The Balaban J connectivity index is 2.12. The zero-order valence-electron chi connectivity index (χ0n) is 14.7. The van der Waals surface area contributed by atoms with E-state index in [4.69, 9.17) is 11.6 Å². The van der Waals surface area contributed by atoms with E-state index in [0.29, 0.717) is 16.3 Å². The average Bonchev–Trinajstić information content (AvgIpc) is 2.52. The number of halogens is 1. The summed E-state index contributed by atoms with van der Waals surface area (Å²) >= 11 is 5.97. The van der Waals surface area contributed by atoms with Gasteiger partial charge in [-0.05, 0) is 57.5 Å². The fourth-order valence-corrected chi connectivity index (χ4v) is 3.41. The molecule has 2 aromatic rings. The summed E-state index contributed by atoms with van der Waals surface area (Å²) in [5.41, 5.74) is 0.170. The Hall–Kier alpha value is -1.63. The molecule has 0 saturated carbocycles. The number of anilines is 1. The van der Waals surface area contributed by atoms with Crippen molar-refractivity contribution in [2.45, 2.75) is 43.1 Å². The molecule has 1 heterocycles. The Kier molecular flexibility index (Phi) is 5.47. The van der Waals surface area contributed by atoms with E-state index in [0.717, 1.165) is 0 Å². The summed E-state index contributed by atoms with van der Waals surface area (Å²) in [4.78, 5) is 4.05. The van der Waals surface area contributed by atoms with E-state index in [1.54, 1.807) is 58.0 Å². The third-order valence-corrected chi connectivity index (χ3v) is 6.54. The Bertz CT molecular complexity index is 841. The molecule has 25 heavy (non-hydrogen) atoms. The number of rotatable bonds is 5. The first-order valence-electron chi connectivity index (χ1n) is 7.86. The van der Waals surface area contributed by atoms with Crippen molar-refractivity contribution >= 4 is 27.1 Å². The Morgan fingerprint density at radius 2 is 1.84 bits per heavy atom. The molecule has 0 fully saturated rings. The molecule has 0 bridgehead atoms. The normalized spacial score (nSPS) is 14.8. The van der Waals surface area contributed by atoms with E-state index in [9.17, 15) is 13.5 Å². The van der Waals surface area contributed by atoms with Crippen LogP contribution in [0.5, 0.6) is 0 Å². The number of sulfone groups is 1.